The van der Waals surface area contributed by atoms with Gasteiger partial charge in [0.2, 0.25) is 0 Å². The van der Waals surface area contributed by atoms with Crippen LogP contribution in [-0.2, 0) is 4.74 Å². The Morgan fingerprint density at radius 2 is 2.15 bits per heavy atom. The van der Waals surface area contributed by atoms with E-state index in [1.165, 1.54) is 0 Å². The van der Waals surface area contributed by atoms with Crippen molar-refractivity contribution in [1.29, 1.82) is 5.26 Å². The monoisotopic (exact) mass is 177 g/mol. The smallest absolute Gasteiger partial charge is 0.0826 e. The van der Waals surface area contributed by atoms with Crippen LogP contribution in [-0.4, -0.2) is 13.2 Å². The Morgan fingerprint density at radius 3 is 2.62 bits per heavy atom. The molecule has 0 unspecified atom stereocenters. The van der Waals surface area contributed by atoms with Gasteiger partial charge >= 0.3 is 0 Å². The van der Waals surface area contributed by atoms with E-state index >= 15 is 0 Å². The molecule has 70 valence electrons. The van der Waals surface area contributed by atoms with E-state index in [0.29, 0.717) is 13.2 Å². The second kappa shape index (κ2) is 4.25. The third kappa shape index (κ3) is 1.99. The average Bonchev–Trinajstić information content (AvgIpc) is 2.19. The molecule has 0 radical (unpaired) electrons. The van der Waals surface area contributed by atoms with Crippen LogP contribution in [0.25, 0.3) is 0 Å². The van der Waals surface area contributed by atoms with Crippen LogP contribution in [0, 0.1) is 16.7 Å². The minimum Gasteiger partial charge on any atom is -0.381 e. The first kappa shape index (κ1) is 10.0. The van der Waals surface area contributed by atoms with Crippen molar-refractivity contribution in [3.63, 3.8) is 0 Å². The zero-order chi connectivity index (χ0) is 9.73. The first-order chi connectivity index (χ1) is 6.25. The topological polar surface area (TPSA) is 33.0 Å². The number of allylic oxidation sites excluding steroid dienone is 3. The molecule has 0 aromatic rings. The van der Waals surface area contributed by atoms with Gasteiger partial charge in [-0.1, -0.05) is 24.3 Å². The predicted octanol–water partition coefficient (Wildman–Crippen LogP) is 2.44. The lowest BCUT2D eigenvalue weighted by atomic mass is 9.75. The van der Waals surface area contributed by atoms with Gasteiger partial charge in [0.15, 0.2) is 0 Å². The van der Waals surface area contributed by atoms with Crippen LogP contribution in [0.1, 0.15) is 19.8 Å². The number of rotatable bonds is 2. The third-order valence-electron chi connectivity index (χ3n) is 2.68. The average molecular weight is 177 g/mol. The van der Waals surface area contributed by atoms with Crippen LogP contribution in [0.5, 0.6) is 0 Å². The molecule has 1 saturated heterocycles. The van der Waals surface area contributed by atoms with E-state index in [-0.39, 0.29) is 5.41 Å². The zero-order valence-corrected chi connectivity index (χ0v) is 8.05. The van der Waals surface area contributed by atoms with Crippen molar-refractivity contribution >= 4 is 0 Å². The van der Waals surface area contributed by atoms with Gasteiger partial charge in [0, 0.05) is 13.2 Å². The van der Waals surface area contributed by atoms with Crippen molar-refractivity contribution in [2.75, 3.05) is 13.2 Å². The molecular weight excluding hydrogens is 162 g/mol. The van der Waals surface area contributed by atoms with Gasteiger partial charge in [-0.05, 0) is 19.8 Å². The summed E-state index contributed by atoms with van der Waals surface area (Å²) < 4.78 is 5.25. The Balaban J connectivity index is 2.86. The van der Waals surface area contributed by atoms with Crippen molar-refractivity contribution in [2.45, 2.75) is 19.8 Å². The van der Waals surface area contributed by atoms with Gasteiger partial charge in [0.1, 0.15) is 0 Å². The SMILES string of the molecule is C=C/C=C(/C)C1(C#N)CCOCC1. The van der Waals surface area contributed by atoms with E-state index in [1.54, 1.807) is 6.08 Å². The molecule has 1 aliphatic rings. The molecule has 13 heavy (non-hydrogen) atoms. The van der Waals surface area contributed by atoms with Crippen molar-refractivity contribution in [3.8, 4) is 6.07 Å². The molecule has 0 aromatic carbocycles. The van der Waals surface area contributed by atoms with Gasteiger partial charge < -0.3 is 4.74 Å². The van der Waals surface area contributed by atoms with E-state index in [9.17, 15) is 0 Å². The standard InChI is InChI=1S/C11H15NO/c1-3-4-10(2)11(9-12)5-7-13-8-6-11/h3-4H,1,5-8H2,2H3/b10-4-. The van der Waals surface area contributed by atoms with Crippen molar-refractivity contribution in [2.24, 2.45) is 5.41 Å². The highest BCUT2D eigenvalue weighted by molar-refractivity contribution is 5.25. The normalized spacial score (nSPS) is 22.0. The summed E-state index contributed by atoms with van der Waals surface area (Å²) in [5.74, 6) is 0. The highest BCUT2D eigenvalue weighted by Gasteiger charge is 2.33. The van der Waals surface area contributed by atoms with Crippen LogP contribution in [0.2, 0.25) is 0 Å². The Kier molecular flexibility index (Phi) is 3.27. The van der Waals surface area contributed by atoms with Gasteiger partial charge in [-0.2, -0.15) is 5.26 Å². The molecule has 2 heteroatoms. The molecule has 0 bridgehead atoms. The summed E-state index contributed by atoms with van der Waals surface area (Å²) in [4.78, 5) is 0. The summed E-state index contributed by atoms with van der Waals surface area (Å²) in [6.07, 6.45) is 5.28. The maximum absolute atomic E-state index is 9.16. The third-order valence-corrected chi connectivity index (χ3v) is 2.68. The van der Waals surface area contributed by atoms with Gasteiger partial charge in [-0.3, -0.25) is 0 Å². The van der Waals surface area contributed by atoms with Gasteiger partial charge in [-0.25, -0.2) is 0 Å². The molecular formula is C11H15NO. The lowest BCUT2D eigenvalue weighted by Gasteiger charge is -2.31. The predicted molar refractivity (Wildman–Crippen MR) is 52.1 cm³/mol. The van der Waals surface area contributed by atoms with Crippen LogP contribution in [0.4, 0.5) is 0 Å². The van der Waals surface area contributed by atoms with E-state index < -0.39 is 0 Å². The Bertz CT molecular complexity index is 254. The van der Waals surface area contributed by atoms with Crippen LogP contribution < -0.4 is 0 Å². The molecule has 1 rings (SSSR count). The molecule has 0 spiro atoms. The molecule has 0 N–H and O–H groups in total. The lowest BCUT2D eigenvalue weighted by molar-refractivity contribution is 0.0541. The number of ether oxygens (including phenoxy) is 1. The summed E-state index contributed by atoms with van der Waals surface area (Å²) in [5.41, 5.74) is 0.806. The van der Waals surface area contributed by atoms with E-state index in [0.717, 1.165) is 18.4 Å². The molecule has 0 atom stereocenters. The van der Waals surface area contributed by atoms with Crippen molar-refractivity contribution in [3.05, 3.63) is 24.3 Å². The lowest BCUT2D eigenvalue weighted by Crippen LogP contribution is -2.29. The second-order valence-electron chi connectivity index (χ2n) is 3.39. The molecule has 0 saturated carbocycles. The number of hydrogen-bond donors (Lipinski definition) is 0. The largest absolute Gasteiger partial charge is 0.381 e. The summed E-state index contributed by atoms with van der Waals surface area (Å²) >= 11 is 0. The summed E-state index contributed by atoms with van der Waals surface area (Å²) in [6.45, 7) is 7.02. The number of nitriles is 1. The minimum atomic E-state index is -0.299. The molecule has 1 fully saturated rings. The molecule has 0 amide bonds. The number of hydrogen-bond acceptors (Lipinski definition) is 2. The van der Waals surface area contributed by atoms with E-state index in [4.69, 9.17) is 10.00 Å². The highest BCUT2D eigenvalue weighted by Crippen LogP contribution is 2.36. The Morgan fingerprint density at radius 1 is 1.54 bits per heavy atom. The highest BCUT2D eigenvalue weighted by atomic mass is 16.5. The van der Waals surface area contributed by atoms with Gasteiger partial charge in [0.25, 0.3) is 0 Å². The van der Waals surface area contributed by atoms with Crippen LogP contribution in [0.3, 0.4) is 0 Å². The van der Waals surface area contributed by atoms with E-state index in [1.807, 2.05) is 13.0 Å². The van der Waals surface area contributed by atoms with Crippen LogP contribution in [0.15, 0.2) is 24.3 Å². The Labute approximate surface area is 79.5 Å². The Hall–Kier alpha value is -1.07. The minimum absolute atomic E-state index is 0.299. The van der Waals surface area contributed by atoms with Crippen LogP contribution >= 0.6 is 0 Å². The van der Waals surface area contributed by atoms with Gasteiger partial charge in [-0.15, -0.1) is 0 Å². The quantitative estimate of drug-likeness (QED) is 0.607. The maximum atomic E-state index is 9.16. The van der Waals surface area contributed by atoms with Gasteiger partial charge in [0.05, 0.1) is 11.5 Å². The first-order valence-electron chi connectivity index (χ1n) is 4.54. The van der Waals surface area contributed by atoms with E-state index in [2.05, 4.69) is 12.6 Å². The molecule has 0 aromatic heterocycles. The molecule has 1 heterocycles. The fraction of sp³-hybridized carbons (Fsp3) is 0.545. The maximum Gasteiger partial charge on any atom is 0.0826 e. The summed E-state index contributed by atoms with van der Waals surface area (Å²) in [5, 5.41) is 9.16. The fourth-order valence-electron chi connectivity index (χ4n) is 1.65. The summed E-state index contributed by atoms with van der Waals surface area (Å²) in [6, 6.07) is 2.41. The zero-order valence-electron chi connectivity index (χ0n) is 8.05. The second-order valence-corrected chi connectivity index (χ2v) is 3.39. The van der Waals surface area contributed by atoms with Crippen molar-refractivity contribution < 1.29 is 4.74 Å². The number of nitrogens with zero attached hydrogens (tertiary/aromatic N) is 1. The fourth-order valence-corrected chi connectivity index (χ4v) is 1.65. The molecule has 0 aliphatic carbocycles. The molecule has 2 nitrogen and oxygen atoms in total. The first-order valence-corrected chi connectivity index (χ1v) is 4.54. The van der Waals surface area contributed by atoms with Crippen molar-refractivity contribution in [1.82, 2.24) is 0 Å². The molecule has 1 aliphatic heterocycles. The summed E-state index contributed by atoms with van der Waals surface area (Å²) in [7, 11) is 0.